The molecular weight excluding hydrogens is 212 g/mol. The summed E-state index contributed by atoms with van der Waals surface area (Å²) in [5.41, 5.74) is 8.84. The summed E-state index contributed by atoms with van der Waals surface area (Å²) in [6.45, 7) is 7.13. The van der Waals surface area contributed by atoms with Crippen LogP contribution < -0.4 is 5.73 Å². The van der Waals surface area contributed by atoms with Crippen LogP contribution in [0.4, 0.5) is 5.69 Å². The highest BCUT2D eigenvalue weighted by atomic mass is 15.3. The predicted octanol–water partition coefficient (Wildman–Crippen LogP) is 2.55. The Balaban J connectivity index is 2.56. The zero-order valence-electron chi connectivity index (χ0n) is 10.6. The van der Waals surface area contributed by atoms with E-state index in [2.05, 4.69) is 28.6 Å². The maximum Gasteiger partial charge on any atom is 0.164 e. The molecule has 0 bridgehead atoms. The standard InChI is InChI=1S/C13H18N4/c1-4-7-17-10(3)15-16-13(17)12-8-11(14)6-5-9(12)2/h5-6,8H,4,7,14H2,1-3H3. The summed E-state index contributed by atoms with van der Waals surface area (Å²) in [5, 5.41) is 8.42. The van der Waals surface area contributed by atoms with Gasteiger partial charge in [-0.3, -0.25) is 0 Å². The maximum absolute atomic E-state index is 5.84. The van der Waals surface area contributed by atoms with Crippen molar-refractivity contribution in [1.29, 1.82) is 0 Å². The van der Waals surface area contributed by atoms with Crippen LogP contribution in [-0.4, -0.2) is 14.8 Å². The van der Waals surface area contributed by atoms with Crippen molar-refractivity contribution in [2.45, 2.75) is 33.7 Å². The molecule has 4 nitrogen and oxygen atoms in total. The molecule has 17 heavy (non-hydrogen) atoms. The first-order valence-corrected chi connectivity index (χ1v) is 5.89. The van der Waals surface area contributed by atoms with E-state index in [9.17, 15) is 0 Å². The lowest BCUT2D eigenvalue weighted by Crippen LogP contribution is -2.03. The number of hydrogen-bond donors (Lipinski definition) is 1. The molecule has 90 valence electrons. The van der Waals surface area contributed by atoms with Gasteiger partial charge >= 0.3 is 0 Å². The Labute approximate surface area is 101 Å². The van der Waals surface area contributed by atoms with Crippen LogP contribution in [0.25, 0.3) is 11.4 Å². The third kappa shape index (κ3) is 2.16. The van der Waals surface area contributed by atoms with Gasteiger partial charge in [-0.05, 0) is 38.0 Å². The molecular formula is C13H18N4. The first kappa shape index (κ1) is 11.6. The van der Waals surface area contributed by atoms with Gasteiger partial charge in [0.05, 0.1) is 0 Å². The van der Waals surface area contributed by atoms with Crippen LogP contribution in [0.5, 0.6) is 0 Å². The molecule has 0 saturated heterocycles. The second kappa shape index (κ2) is 4.57. The Morgan fingerprint density at radius 2 is 2.00 bits per heavy atom. The van der Waals surface area contributed by atoms with Gasteiger partial charge in [0.1, 0.15) is 5.82 Å². The quantitative estimate of drug-likeness (QED) is 0.824. The van der Waals surface area contributed by atoms with Crippen LogP contribution in [0.1, 0.15) is 24.7 Å². The van der Waals surface area contributed by atoms with Crippen LogP contribution in [0.15, 0.2) is 18.2 Å². The Morgan fingerprint density at radius 1 is 1.24 bits per heavy atom. The summed E-state index contributed by atoms with van der Waals surface area (Å²) >= 11 is 0. The molecule has 4 heteroatoms. The number of aromatic nitrogens is 3. The molecule has 0 amide bonds. The van der Waals surface area contributed by atoms with Gasteiger partial charge in [-0.25, -0.2) is 0 Å². The number of rotatable bonds is 3. The number of anilines is 1. The third-order valence-corrected chi connectivity index (χ3v) is 2.89. The third-order valence-electron chi connectivity index (χ3n) is 2.89. The largest absolute Gasteiger partial charge is 0.399 e. The molecule has 2 N–H and O–H groups in total. The van der Waals surface area contributed by atoms with E-state index >= 15 is 0 Å². The maximum atomic E-state index is 5.84. The van der Waals surface area contributed by atoms with Crippen LogP contribution >= 0.6 is 0 Å². The molecule has 0 fully saturated rings. The summed E-state index contributed by atoms with van der Waals surface area (Å²) in [7, 11) is 0. The number of hydrogen-bond acceptors (Lipinski definition) is 3. The number of benzene rings is 1. The van der Waals surface area contributed by atoms with Gasteiger partial charge in [-0.1, -0.05) is 13.0 Å². The van der Waals surface area contributed by atoms with Crippen LogP contribution in [0.2, 0.25) is 0 Å². The SMILES string of the molecule is CCCn1c(C)nnc1-c1cc(N)ccc1C. The lowest BCUT2D eigenvalue weighted by molar-refractivity contribution is 0.663. The first-order chi connectivity index (χ1) is 8.13. The van der Waals surface area contributed by atoms with Gasteiger partial charge in [0, 0.05) is 17.8 Å². The average Bonchev–Trinajstić information content (AvgIpc) is 2.65. The molecule has 2 aromatic rings. The highest BCUT2D eigenvalue weighted by Gasteiger charge is 2.12. The van der Waals surface area contributed by atoms with E-state index in [4.69, 9.17) is 5.73 Å². The van der Waals surface area contributed by atoms with Gasteiger partial charge in [0.15, 0.2) is 5.82 Å². The fourth-order valence-corrected chi connectivity index (χ4v) is 1.95. The van der Waals surface area contributed by atoms with E-state index in [1.165, 1.54) is 5.56 Å². The minimum absolute atomic E-state index is 0.759. The minimum Gasteiger partial charge on any atom is -0.399 e. The van der Waals surface area contributed by atoms with E-state index in [0.29, 0.717) is 0 Å². The smallest absolute Gasteiger partial charge is 0.164 e. The van der Waals surface area contributed by atoms with Gasteiger partial charge < -0.3 is 10.3 Å². The molecule has 0 aliphatic heterocycles. The van der Waals surface area contributed by atoms with Crippen molar-refractivity contribution in [2.24, 2.45) is 0 Å². The summed E-state index contributed by atoms with van der Waals surface area (Å²) in [5.74, 6) is 1.86. The molecule has 1 aromatic carbocycles. The second-order valence-electron chi connectivity index (χ2n) is 4.30. The Morgan fingerprint density at radius 3 is 2.71 bits per heavy atom. The van der Waals surface area contributed by atoms with E-state index in [0.717, 1.165) is 35.9 Å². The van der Waals surface area contributed by atoms with Gasteiger partial charge in [0.25, 0.3) is 0 Å². The predicted molar refractivity (Wildman–Crippen MR) is 69.6 cm³/mol. The molecule has 0 aliphatic rings. The van der Waals surface area contributed by atoms with Crippen molar-refractivity contribution in [2.75, 3.05) is 5.73 Å². The Bertz CT molecular complexity index is 528. The number of nitrogens with zero attached hydrogens (tertiary/aromatic N) is 3. The van der Waals surface area contributed by atoms with E-state index in [1.807, 2.05) is 25.1 Å². The van der Waals surface area contributed by atoms with Gasteiger partial charge in [0.2, 0.25) is 0 Å². The summed E-state index contributed by atoms with van der Waals surface area (Å²) < 4.78 is 2.14. The summed E-state index contributed by atoms with van der Waals surface area (Å²) in [6, 6.07) is 5.89. The van der Waals surface area contributed by atoms with Crippen molar-refractivity contribution in [3.8, 4) is 11.4 Å². The highest BCUT2D eigenvalue weighted by molar-refractivity contribution is 5.65. The number of nitrogens with two attached hydrogens (primary N) is 1. The molecule has 0 unspecified atom stereocenters. The second-order valence-corrected chi connectivity index (χ2v) is 4.30. The molecule has 0 saturated carbocycles. The van der Waals surface area contributed by atoms with Crippen molar-refractivity contribution in [1.82, 2.24) is 14.8 Å². The highest BCUT2D eigenvalue weighted by Crippen LogP contribution is 2.24. The molecule has 1 heterocycles. The van der Waals surface area contributed by atoms with Crippen LogP contribution in [-0.2, 0) is 6.54 Å². The monoisotopic (exact) mass is 230 g/mol. The normalized spacial score (nSPS) is 10.8. The zero-order chi connectivity index (χ0) is 12.4. The van der Waals surface area contributed by atoms with Gasteiger partial charge in [-0.15, -0.1) is 10.2 Å². The van der Waals surface area contributed by atoms with Crippen molar-refractivity contribution in [3.63, 3.8) is 0 Å². The summed E-state index contributed by atoms with van der Waals surface area (Å²) in [4.78, 5) is 0. The van der Waals surface area contributed by atoms with E-state index in [-0.39, 0.29) is 0 Å². The minimum atomic E-state index is 0.759. The van der Waals surface area contributed by atoms with E-state index < -0.39 is 0 Å². The Kier molecular flexibility index (Phi) is 3.13. The number of nitrogen functional groups attached to an aromatic ring is 1. The van der Waals surface area contributed by atoms with Crippen molar-refractivity contribution in [3.05, 3.63) is 29.6 Å². The van der Waals surface area contributed by atoms with Crippen LogP contribution in [0, 0.1) is 13.8 Å². The van der Waals surface area contributed by atoms with Crippen LogP contribution in [0.3, 0.4) is 0 Å². The average molecular weight is 230 g/mol. The fourth-order valence-electron chi connectivity index (χ4n) is 1.95. The molecule has 2 rings (SSSR count). The topological polar surface area (TPSA) is 56.7 Å². The zero-order valence-corrected chi connectivity index (χ0v) is 10.6. The molecule has 0 radical (unpaired) electrons. The molecule has 0 atom stereocenters. The molecule has 0 aliphatic carbocycles. The van der Waals surface area contributed by atoms with E-state index in [1.54, 1.807) is 0 Å². The fraction of sp³-hybridized carbons (Fsp3) is 0.385. The molecule has 0 spiro atoms. The van der Waals surface area contributed by atoms with Gasteiger partial charge in [-0.2, -0.15) is 0 Å². The lowest BCUT2D eigenvalue weighted by Gasteiger charge is -2.09. The first-order valence-electron chi connectivity index (χ1n) is 5.89. The van der Waals surface area contributed by atoms with Crippen molar-refractivity contribution >= 4 is 5.69 Å². The summed E-state index contributed by atoms with van der Waals surface area (Å²) in [6.07, 6.45) is 1.06. The van der Waals surface area contributed by atoms with Crippen molar-refractivity contribution < 1.29 is 0 Å². The Hall–Kier alpha value is -1.84. The number of aryl methyl sites for hydroxylation is 2. The molecule has 1 aromatic heterocycles. The lowest BCUT2D eigenvalue weighted by atomic mass is 10.1.